The maximum atomic E-state index is 13.1. The number of nitrogens with zero attached hydrogens (tertiary/aromatic N) is 2. The SMILES string of the molecule is COc1ccc(N=c2oc3ccc(Cl)cc3cc2C(=S)NC(=O)OCc2ccc(NC(=O)[C@H](C)NC(=O)C(NC(=O)CCCCC(=O)ON3C(=O)C=CC3=O)C(C)C)cc2)cc1. The van der Waals surface area contributed by atoms with Gasteiger partial charge in [0.15, 0.2) is 0 Å². The second-order valence-corrected chi connectivity index (χ2v) is 15.0. The highest BCUT2D eigenvalue weighted by molar-refractivity contribution is 7.80. The van der Waals surface area contributed by atoms with Crippen molar-refractivity contribution in [2.75, 3.05) is 12.4 Å². The number of alkyl carbamates (subject to hydrolysis) is 1. The topological polar surface area (TPSA) is 224 Å². The number of hydroxylamine groups is 2. The van der Waals surface area contributed by atoms with Gasteiger partial charge >= 0.3 is 12.1 Å². The van der Waals surface area contributed by atoms with Crippen LogP contribution in [0.5, 0.6) is 5.75 Å². The lowest BCUT2D eigenvalue weighted by molar-refractivity contribution is -0.196. The molecule has 19 heteroatoms. The van der Waals surface area contributed by atoms with Crippen LogP contribution in [-0.2, 0) is 44.9 Å². The zero-order valence-electron chi connectivity index (χ0n) is 34.0. The number of benzene rings is 3. The van der Waals surface area contributed by atoms with Crippen LogP contribution in [0.3, 0.4) is 0 Å². The van der Waals surface area contributed by atoms with Crippen molar-refractivity contribution in [2.45, 2.75) is 65.1 Å². The molecule has 0 bridgehead atoms. The lowest BCUT2D eigenvalue weighted by Gasteiger charge is -2.24. The number of hydrogen-bond donors (Lipinski definition) is 4. The summed E-state index contributed by atoms with van der Waals surface area (Å²) in [7, 11) is 1.56. The third-order valence-corrected chi connectivity index (χ3v) is 9.63. The Labute approximate surface area is 365 Å². The third-order valence-electron chi connectivity index (χ3n) is 9.08. The van der Waals surface area contributed by atoms with Gasteiger partial charge in [-0.2, -0.15) is 0 Å². The van der Waals surface area contributed by atoms with E-state index >= 15 is 0 Å². The van der Waals surface area contributed by atoms with Crippen molar-refractivity contribution in [2.24, 2.45) is 10.9 Å². The molecule has 4 aromatic rings. The van der Waals surface area contributed by atoms with Crippen molar-refractivity contribution in [1.29, 1.82) is 0 Å². The molecule has 5 rings (SSSR count). The lowest BCUT2D eigenvalue weighted by atomic mass is 10.0. The summed E-state index contributed by atoms with van der Waals surface area (Å²) < 4.78 is 16.7. The van der Waals surface area contributed by atoms with Crippen molar-refractivity contribution >= 4 is 92.7 Å². The second-order valence-electron chi connectivity index (χ2n) is 14.2. The first-order valence-corrected chi connectivity index (χ1v) is 20.1. The molecule has 1 unspecified atom stereocenters. The highest BCUT2D eigenvalue weighted by Gasteiger charge is 2.29. The Kier molecular flexibility index (Phi) is 16.0. The first-order chi connectivity index (χ1) is 29.6. The van der Waals surface area contributed by atoms with Crippen LogP contribution < -0.4 is 31.6 Å². The van der Waals surface area contributed by atoms with Crippen LogP contribution >= 0.6 is 23.8 Å². The molecule has 3 aromatic carbocycles. The standard InChI is InChI=1S/C43H43ClN6O11S/c1-24(2)38(48-34(51)7-5-6-8-37(54)61-50-35(52)19-20-36(50)53)40(56)45-25(3)39(55)46-29-12-9-26(10-13-29)23-59-43(57)49-42(62)32-22-27-21-28(44)11-18-33(27)60-41(32)47-30-14-16-31(58-4)17-15-30/h9-22,24-25,38H,5-8,23H2,1-4H3,(H,45,56)(H,46,55)(H,48,51)(H,49,57,62)/t25-,38?/m0/s1. The number of methoxy groups -OCH3 is 1. The highest BCUT2D eigenvalue weighted by Crippen LogP contribution is 2.21. The van der Waals surface area contributed by atoms with Crippen molar-refractivity contribution in [1.82, 2.24) is 21.0 Å². The van der Waals surface area contributed by atoms with E-state index in [9.17, 15) is 33.6 Å². The average Bonchev–Trinajstić information content (AvgIpc) is 3.56. The molecule has 6 amide bonds. The maximum Gasteiger partial charge on any atom is 0.412 e. The predicted molar refractivity (Wildman–Crippen MR) is 229 cm³/mol. The summed E-state index contributed by atoms with van der Waals surface area (Å²) in [6, 6.07) is 18.3. The number of halogens is 1. The molecule has 0 spiro atoms. The van der Waals surface area contributed by atoms with Gasteiger partial charge in [0.05, 0.1) is 18.4 Å². The van der Waals surface area contributed by atoms with Gasteiger partial charge in [-0.3, -0.25) is 29.3 Å². The van der Waals surface area contributed by atoms with E-state index in [1.54, 1.807) is 93.8 Å². The highest BCUT2D eigenvalue weighted by atomic mass is 35.5. The number of anilines is 1. The Bertz CT molecular complexity index is 2450. The van der Waals surface area contributed by atoms with Gasteiger partial charge in [0.25, 0.3) is 11.8 Å². The summed E-state index contributed by atoms with van der Waals surface area (Å²) in [5, 5.41) is 12.0. The van der Waals surface area contributed by atoms with E-state index in [1.165, 1.54) is 6.92 Å². The average molecular weight is 887 g/mol. The summed E-state index contributed by atoms with van der Waals surface area (Å²) >= 11 is 11.8. The molecule has 2 atom stereocenters. The molecule has 0 radical (unpaired) electrons. The molecule has 17 nitrogen and oxygen atoms in total. The Morgan fingerprint density at radius 1 is 0.855 bits per heavy atom. The molecule has 0 saturated heterocycles. The predicted octanol–water partition coefficient (Wildman–Crippen LogP) is 5.46. The van der Waals surface area contributed by atoms with Crippen molar-refractivity contribution in [3.05, 3.63) is 107 Å². The molecule has 324 valence electrons. The molecule has 1 aromatic heterocycles. The van der Waals surface area contributed by atoms with E-state index in [1.807, 2.05) is 0 Å². The van der Waals surface area contributed by atoms with Gasteiger partial charge in [-0.05, 0) is 91.9 Å². The fourth-order valence-electron chi connectivity index (χ4n) is 5.73. The number of nitrogens with one attached hydrogen (secondary N) is 4. The minimum atomic E-state index is -0.983. The molecular formula is C43H43ClN6O11S. The number of imide groups is 1. The maximum absolute atomic E-state index is 13.1. The van der Waals surface area contributed by atoms with Crippen LogP contribution in [-0.4, -0.2) is 70.8 Å². The summed E-state index contributed by atoms with van der Waals surface area (Å²) in [5.74, 6) is -3.53. The fraction of sp³-hybridized carbons (Fsp3) is 0.279. The first-order valence-electron chi connectivity index (χ1n) is 19.3. The Morgan fingerprint density at radius 2 is 1.53 bits per heavy atom. The molecule has 0 saturated carbocycles. The molecular weight excluding hydrogens is 844 g/mol. The van der Waals surface area contributed by atoms with Crippen molar-refractivity contribution in [3.63, 3.8) is 0 Å². The number of rotatable bonds is 17. The molecule has 1 aliphatic heterocycles. The first kappa shape index (κ1) is 46.2. The quantitative estimate of drug-likeness (QED) is 0.0590. The van der Waals surface area contributed by atoms with E-state index in [-0.39, 0.29) is 48.8 Å². The Balaban J connectivity index is 1.07. The molecule has 2 heterocycles. The number of ether oxygens (including phenoxy) is 2. The van der Waals surface area contributed by atoms with Gasteiger partial charge in [-0.1, -0.05) is 54.9 Å². The number of hydrogen-bond acceptors (Lipinski definition) is 13. The third kappa shape index (κ3) is 13.0. The van der Waals surface area contributed by atoms with Crippen molar-refractivity contribution < 1.29 is 52.3 Å². The van der Waals surface area contributed by atoms with Crippen LogP contribution in [0.2, 0.25) is 5.02 Å². The van der Waals surface area contributed by atoms with Gasteiger partial charge in [0.2, 0.25) is 23.3 Å². The van der Waals surface area contributed by atoms with Gasteiger partial charge in [0, 0.05) is 41.1 Å². The van der Waals surface area contributed by atoms with Crippen LogP contribution in [0.15, 0.2) is 94.4 Å². The number of fused-ring (bicyclic) bond motifs is 1. The van der Waals surface area contributed by atoms with Gasteiger partial charge in [0.1, 0.15) is 35.0 Å². The van der Waals surface area contributed by atoms with Crippen molar-refractivity contribution in [3.8, 4) is 5.75 Å². The van der Waals surface area contributed by atoms with Gasteiger partial charge < -0.3 is 34.7 Å². The normalized spacial score (nSPS) is 13.4. The van der Waals surface area contributed by atoms with Gasteiger partial charge in [-0.25, -0.2) is 14.6 Å². The van der Waals surface area contributed by atoms with Crippen LogP contribution in [0.4, 0.5) is 16.2 Å². The number of carbonyl (C=O) groups is 7. The van der Waals surface area contributed by atoms with E-state index < -0.39 is 53.7 Å². The monoisotopic (exact) mass is 886 g/mol. The lowest BCUT2D eigenvalue weighted by Crippen LogP contribution is -2.53. The zero-order chi connectivity index (χ0) is 44.9. The minimum Gasteiger partial charge on any atom is -0.497 e. The largest absolute Gasteiger partial charge is 0.497 e. The zero-order valence-corrected chi connectivity index (χ0v) is 35.6. The minimum absolute atomic E-state index is 0.00129. The van der Waals surface area contributed by atoms with E-state index in [0.29, 0.717) is 49.3 Å². The van der Waals surface area contributed by atoms with Crippen LogP contribution in [0, 0.1) is 5.92 Å². The summed E-state index contributed by atoms with van der Waals surface area (Å²) in [6.45, 7) is 4.83. The molecule has 4 N–H and O–H groups in total. The van der Waals surface area contributed by atoms with E-state index in [0.717, 1.165) is 12.2 Å². The number of amides is 6. The molecule has 0 aliphatic carbocycles. The molecule has 0 fully saturated rings. The summed E-state index contributed by atoms with van der Waals surface area (Å²) in [6.07, 6.45) is 1.48. The van der Waals surface area contributed by atoms with Gasteiger partial charge in [-0.15, -0.1) is 0 Å². The smallest absolute Gasteiger partial charge is 0.412 e. The number of unbranched alkanes of at least 4 members (excludes halogenated alkanes) is 1. The van der Waals surface area contributed by atoms with E-state index in [2.05, 4.69) is 26.3 Å². The Morgan fingerprint density at radius 3 is 2.19 bits per heavy atom. The summed E-state index contributed by atoms with van der Waals surface area (Å²) in [4.78, 5) is 96.0. The number of carbonyl (C=O) groups excluding carboxylic acids is 7. The Hall–Kier alpha value is -6.92. The fourth-order valence-corrected chi connectivity index (χ4v) is 6.14. The van der Waals surface area contributed by atoms with Crippen LogP contribution in [0.25, 0.3) is 11.0 Å². The number of thiocarbonyl (C=S) groups is 1. The molecule has 1 aliphatic rings. The van der Waals surface area contributed by atoms with E-state index in [4.69, 9.17) is 42.5 Å². The second kappa shape index (κ2) is 21.6. The summed E-state index contributed by atoms with van der Waals surface area (Å²) in [5.41, 5.74) is 2.52. The molecule has 62 heavy (non-hydrogen) atoms. The van der Waals surface area contributed by atoms with Crippen LogP contribution in [0.1, 0.15) is 57.6 Å².